The molecule has 3 nitrogen and oxygen atoms in total. The molecule has 1 aromatic heterocycles. The lowest BCUT2D eigenvalue weighted by atomic mass is 10.1. The van der Waals surface area contributed by atoms with Crippen LogP contribution in [0.3, 0.4) is 0 Å². The van der Waals surface area contributed by atoms with Gasteiger partial charge in [-0.2, -0.15) is 5.10 Å². The molecule has 0 radical (unpaired) electrons. The van der Waals surface area contributed by atoms with E-state index in [4.69, 9.17) is 0 Å². The van der Waals surface area contributed by atoms with E-state index in [1.165, 1.54) is 5.56 Å². The summed E-state index contributed by atoms with van der Waals surface area (Å²) in [4.78, 5) is 0. The fraction of sp³-hybridized carbons (Fsp3) is 0.308. The average Bonchev–Trinajstić information content (AvgIpc) is 2.82. The van der Waals surface area contributed by atoms with E-state index < -0.39 is 0 Å². The third-order valence-corrected chi connectivity index (χ3v) is 3.58. The zero-order chi connectivity index (χ0) is 12.3. The van der Waals surface area contributed by atoms with Gasteiger partial charge < -0.3 is 5.32 Å². The van der Waals surface area contributed by atoms with E-state index in [0.717, 1.165) is 10.2 Å². The number of hydrogen-bond acceptors (Lipinski definition) is 2. The average molecular weight is 294 g/mol. The van der Waals surface area contributed by atoms with E-state index in [1.54, 1.807) is 6.20 Å². The molecule has 0 aliphatic carbocycles. The smallest absolute Gasteiger partial charge is 0.0518 e. The number of rotatable bonds is 4. The van der Waals surface area contributed by atoms with Crippen molar-refractivity contribution in [1.82, 2.24) is 15.5 Å². The minimum absolute atomic E-state index is 0.250. The van der Waals surface area contributed by atoms with Crippen LogP contribution in [0.2, 0.25) is 0 Å². The zero-order valence-corrected chi connectivity index (χ0v) is 11.5. The maximum Gasteiger partial charge on any atom is 0.0518 e. The summed E-state index contributed by atoms with van der Waals surface area (Å²) in [7, 11) is 0. The summed E-state index contributed by atoms with van der Waals surface area (Å²) < 4.78 is 1.14. The van der Waals surface area contributed by atoms with Crippen LogP contribution in [0.15, 0.2) is 41.0 Å². The van der Waals surface area contributed by atoms with Gasteiger partial charge in [0.25, 0.3) is 0 Å². The Kier molecular flexibility index (Phi) is 3.97. The lowest BCUT2D eigenvalue weighted by Gasteiger charge is -2.20. The highest BCUT2D eigenvalue weighted by Gasteiger charge is 2.13. The molecule has 17 heavy (non-hydrogen) atoms. The molecule has 1 unspecified atom stereocenters. The van der Waals surface area contributed by atoms with Crippen molar-refractivity contribution < 1.29 is 0 Å². The fourth-order valence-electron chi connectivity index (χ4n) is 1.89. The van der Waals surface area contributed by atoms with Crippen LogP contribution in [0.25, 0.3) is 0 Å². The third-order valence-electron chi connectivity index (χ3n) is 2.86. The second kappa shape index (κ2) is 5.47. The molecule has 0 saturated carbocycles. The highest BCUT2D eigenvalue weighted by molar-refractivity contribution is 9.10. The first kappa shape index (κ1) is 12.3. The Morgan fingerprint density at radius 2 is 1.94 bits per heavy atom. The molecule has 1 heterocycles. The van der Waals surface area contributed by atoms with Gasteiger partial charge in [0.2, 0.25) is 0 Å². The monoisotopic (exact) mass is 293 g/mol. The molecule has 1 aromatic carbocycles. The molecule has 0 spiro atoms. The third kappa shape index (κ3) is 2.96. The number of H-pyrrole nitrogens is 1. The first-order valence-electron chi connectivity index (χ1n) is 5.68. The molecular weight excluding hydrogens is 278 g/mol. The van der Waals surface area contributed by atoms with Crippen LogP contribution in [-0.4, -0.2) is 10.2 Å². The van der Waals surface area contributed by atoms with Gasteiger partial charge >= 0.3 is 0 Å². The number of benzene rings is 1. The predicted molar refractivity (Wildman–Crippen MR) is 72.7 cm³/mol. The van der Waals surface area contributed by atoms with E-state index in [9.17, 15) is 0 Å². The van der Waals surface area contributed by atoms with E-state index in [-0.39, 0.29) is 12.1 Å². The molecular formula is C13H16BrN3. The van der Waals surface area contributed by atoms with Crippen molar-refractivity contribution in [1.29, 1.82) is 0 Å². The van der Waals surface area contributed by atoms with Crippen molar-refractivity contribution in [3.05, 3.63) is 52.3 Å². The van der Waals surface area contributed by atoms with Gasteiger partial charge in [0.1, 0.15) is 0 Å². The molecule has 2 atom stereocenters. The van der Waals surface area contributed by atoms with Crippen LogP contribution in [0.1, 0.15) is 37.2 Å². The summed E-state index contributed by atoms with van der Waals surface area (Å²) in [5, 5.41) is 10.5. The molecule has 2 N–H and O–H groups in total. The summed E-state index contributed by atoms with van der Waals surface area (Å²) >= 11 is 3.58. The van der Waals surface area contributed by atoms with E-state index in [2.05, 4.69) is 63.5 Å². The summed E-state index contributed by atoms with van der Waals surface area (Å²) in [5.74, 6) is 0. The summed E-state index contributed by atoms with van der Waals surface area (Å²) in [6.45, 7) is 4.29. The molecule has 4 heteroatoms. The van der Waals surface area contributed by atoms with Crippen LogP contribution in [0.4, 0.5) is 0 Å². The number of nitrogens with zero attached hydrogens (tertiary/aromatic N) is 1. The van der Waals surface area contributed by atoms with Crippen molar-refractivity contribution in [2.24, 2.45) is 0 Å². The van der Waals surface area contributed by atoms with Crippen LogP contribution in [0.5, 0.6) is 0 Å². The fourth-order valence-corrected chi connectivity index (χ4v) is 2.52. The van der Waals surface area contributed by atoms with E-state index in [1.807, 2.05) is 12.1 Å². The minimum atomic E-state index is 0.250. The maximum absolute atomic E-state index is 3.97. The quantitative estimate of drug-likeness (QED) is 0.904. The van der Waals surface area contributed by atoms with Gasteiger partial charge in [0.15, 0.2) is 0 Å². The molecule has 0 fully saturated rings. The number of halogens is 1. The Hall–Kier alpha value is -1.13. The Balaban J connectivity index is 2.07. The van der Waals surface area contributed by atoms with E-state index in [0.29, 0.717) is 0 Å². The summed E-state index contributed by atoms with van der Waals surface area (Å²) in [6, 6.07) is 10.8. The lowest BCUT2D eigenvalue weighted by Crippen LogP contribution is -2.23. The highest BCUT2D eigenvalue weighted by atomic mass is 79.9. The Morgan fingerprint density at radius 3 is 2.59 bits per heavy atom. The minimum Gasteiger partial charge on any atom is -0.302 e. The standard InChI is InChI=1S/C13H16BrN3/c1-9(11-5-3-4-6-12(11)14)16-10(2)13-7-8-15-17-13/h3-10,16H,1-2H3,(H,15,17)/t9-,10?/m0/s1. The van der Waals surface area contributed by atoms with Crippen LogP contribution in [-0.2, 0) is 0 Å². The summed E-state index contributed by atoms with van der Waals surface area (Å²) in [6.07, 6.45) is 1.77. The van der Waals surface area contributed by atoms with Gasteiger partial charge in [-0.3, -0.25) is 5.10 Å². The van der Waals surface area contributed by atoms with Crippen molar-refractivity contribution in [3.8, 4) is 0 Å². The molecule has 2 rings (SSSR count). The van der Waals surface area contributed by atoms with Gasteiger partial charge in [-0.05, 0) is 31.5 Å². The first-order chi connectivity index (χ1) is 8.18. The van der Waals surface area contributed by atoms with E-state index >= 15 is 0 Å². The zero-order valence-electron chi connectivity index (χ0n) is 9.94. The maximum atomic E-state index is 3.97. The second-order valence-corrected chi connectivity index (χ2v) is 5.00. The normalized spacial score (nSPS) is 14.5. The largest absolute Gasteiger partial charge is 0.302 e. The number of aromatic nitrogens is 2. The number of aromatic amines is 1. The van der Waals surface area contributed by atoms with Gasteiger partial charge in [0.05, 0.1) is 5.69 Å². The molecule has 0 amide bonds. The summed E-state index contributed by atoms with van der Waals surface area (Å²) in [5.41, 5.74) is 2.36. The van der Waals surface area contributed by atoms with Gasteiger partial charge in [-0.15, -0.1) is 0 Å². The Labute approximate surface area is 110 Å². The molecule has 90 valence electrons. The molecule has 0 saturated heterocycles. The molecule has 0 aliphatic heterocycles. The number of nitrogens with one attached hydrogen (secondary N) is 2. The lowest BCUT2D eigenvalue weighted by molar-refractivity contribution is 0.484. The van der Waals surface area contributed by atoms with Crippen molar-refractivity contribution in [3.63, 3.8) is 0 Å². The van der Waals surface area contributed by atoms with Gasteiger partial charge in [-0.1, -0.05) is 34.1 Å². The van der Waals surface area contributed by atoms with Crippen molar-refractivity contribution in [2.75, 3.05) is 0 Å². The Morgan fingerprint density at radius 1 is 1.18 bits per heavy atom. The van der Waals surface area contributed by atoms with Crippen LogP contribution >= 0.6 is 15.9 Å². The first-order valence-corrected chi connectivity index (χ1v) is 6.47. The van der Waals surface area contributed by atoms with Crippen LogP contribution < -0.4 is 5.32 Å². The van der Waals surface area contributed by atoms with Gasteiger partial charge in [-0.25, -0.2) is 0 Å². The Bertz CT molecular complexity index is 467. The highest BCUT2D eigenvalue weighted by Crippen LogP contribution is 2.24. The predicted octanol–water partition coefficient (Wildman–Crippen LogP) is 3.58. The second-order valence-electron chi connectivity index (χ2n) is 4.14. The SMILES string of the molecule is CC(N[C@@H](C)c1ccccc1Br)c1ccn[nH]1. The van der Waals surface area contributed by atoms with Gasteiger partial charge in [0, 0.05) is 22.8 Å². The van der Waals surface area contributed by atoms with Crippen molar-refractivity contribution in [2.45, 2.75) is 25.9 Å². The molecule has 0 bridgehead atoms. The van der Waals surface area contributed by atoms with Crippen molar-refractivity contribution >= 4 is 15.9 Å². The molecule has 0 aliphatic rings. The molecule has 2 aromatic rings. The number of hydrogen-bond donors (Lipinski definition) is 2. The topological polar surface area (TPSA) is 40.7 Å². The van der Waals surface area contributed by atoms with Crippen LogP contribution in [0, 0.1) is 0 Å².